The lowest BCUT2D eigenvalue weighted by Crippen LogP contribution is -2.04. The van der Waals surface area contributed by atoms with Crippen LogP contribution in [-0.4, -0.2) is 10.1 Å². The molecule has 0 aliphatic rings. The number of halogens is 3. The summed E-state index contributed by atoms with van der Waals surface area (Å²) in [7, 11) is 0. The van der Waals surface area contributed by atoms with Gasteiger partial charge in [0, 0.05) is 6.20 Å². The van der Waals surface area contributed by atoms with Crippen molar-refractivity contribution in [3.05, 3.63) is 64.4 Å². The minimum absolute atomic E-state index is 0.199. The Morgan fingerprint density at radius 2 is 1.94 bits per heavy atom. The van der Waals surface area contributed by atoms with Gasteiger partial charge in [0.05, 0.1) is 10.7 Å². The smallest absolute Gasteiger partial charge is 0.159 e. The fraction of sp³-hybridized carbons (Fsp3) is 0.0833. The van der Waals surface area contributed by atoms with Gasteiger partial charge in [0.15, 0.2) is 11.6 Å². The summed E-state index contributed by atoms with van der Waals surface area (Å²) < 4.78 is 25.8. The second-order valence-electron chi connectivity index (χ2n) is 3.45. The molecule has 0 spiro atoms. The molecular formula is C12H8ClF2NO. The SMILES string of the molecule is OC(c1ccc(F)c(F)c1)c1ncccc1Cl. The number of pyridine rings is 1. The topological polar surface area (TPSA) is 33.1 Å². The average molecular weight is 256 g/mol. The zero-order valence-corrected chi connectivity index (χ0v) is 9.33. The van der Waals surface area contributed by atoms with Gasteiger partial charge in [0.2, 0.25) is 0 Å². The lowest BCUT2D eigenvalue weighted by molar-refractivity contribution is 0.214. The zero-order valence-electron chi connectivity index (χ0n) is 8.57. The van der Waals surface area contributed by atoms with Crippen LogP contribution in [0.2, 0.25) is 5.02 Å². The molecule has 0 aliphatic heterocycles. The molecule has 0 fully saturated rings. The summed E-state index contributed by atoms with van der Waals surface area (Å²) in [4.78, 5) is 3.91. The van der Waals surface area contributed by atoms with Gasteiger partial charge < -0.3 is 5.11 Å². The molecule has 1 atom stereocenters. The molecule has 88 valence electrons. The predicted molar refractivity (Wildman–Crippen MR) is 59.7 cm³/mol. The van der Waals surface area contributed by atoms with Gasteiger partial charge in [0.25, 0.3) is 0 Å². The number of aliphatic hydroxyl groups excluding tert-OH is 1. The van der Waals surface area contributed by atoms with E-state index in [1.807, 2.05) is 0 Å². The number of nitrogens with zero attached hydrogens (tertiary/aromatic N) is 1. The summed E-state index contributed by atoms with van der Waals surface area (Å²) in [6.45, 7) is 0. The number of hydrogen-bond acceptors (Lipinski definition) is 2. The average Bonchev–Trinajstić information content (AvgIpc) is 2.32. The third kappa shape index (κ3) is 2.43. The number of benzene rings is 1. The van der Waals surface area contributed by atoms with Crippen molar-refractivity contribution in [2.24, 2.45) is 0 Å². The maximum atomic E-state index is 13.0. The molecule has 1 aromatic heterocycles. The van der Waals surface area contributed by atoms with E-state index in [2.05, 4.69) is 4.98 Å². The maximum absolute atomic E-state index is 13.0. The first-order chi connectivity index (χ1) is 8.09. The van der Waals surface area contributed by atoms with Crippen molar-refractivity contribution in [3.8, 4) is 0 Å². The van der Waals surface area contributed by atoms with E-state index in [4.69, 9.17) is 11.6 Å². The first-order valence-corrected chi connectivity index (χ1v) is 5.21. The molecule has 17 heavy (non-hydrogen) atoms. The zero-order chi connectivity index (χ0) is 12.4. The van der Waals surface area contributed by atoms with E-state index >= 15 is 0 Å². The highest BCUT2D eigenvalue weighted by Gasteiger charge is 2.16. The van der Waals surface area contributed by atoms with E-state index in [-0.39, 0.29) is 16.3 Å². The van der Waals surface area contributed by atoms with Crippen LogP contribution in [0.3, 0.4) is 0 Å². The van der Waals surface area contributed by atoms with Crippen molar-refractivity contribution in [3.63, 3.8) is 0 Å². The molecule has 0 saturated heterocycles. The van der Waals surface area contributed by atoms with E-state index in [1.165, 1.54) is 12.3 Å². The Morgan fingerprint density at radius 1 is 1.18 bits per heavy atom. The quantitative estimate of drug-likeness (QED) is 0.895. The van der Waals surface area contributed by atoms with Crippen molar-refractivity contribution in [1.29, 1.82) is 0 Å². The Bertz CT molecular complexity index is 548. The second kappa shape index (κ2) is 4.77. The fourth-order valence-electron chi connectivity index (χ4n) is 1.44. The molecule has 1 N–H and O–H groups in total. The molecule has 0 saturated carbocycles. The molecule has 1 unspecified atom stereocenters. The summed E-state index contributed by atoms with van der Waals surface area (Å²) in [6.07, 6.45) is 0.281. The minimum atomic E-state index is -1.18. The highest BCUT2D eigenvalue weighted by molar-refractivity contribution is 6.31. The largest absolute Gasteiger partial charge is 0.382 e. The number of aliphatic hydroxyl groups is 1. The molecular weight excluding hydrogens is 248 g/mol. The monoisotopic (exact) mass is 255 g/mol. The van der Waals surface area contributed by atoms with E-state index in [0.29, 0.717) is 0 Å². The minimum Gasteiger partial charge on any atom is -0.382 e. The first kappa shape index (κ1) is 12.0. The molecule has 1 aromatic carbocycles. The number of hydrogen-bond donors (Lipinski definition) is 1. The van der Waals surface area contributed by atoms with Crippen LogP contribution in [0.5, 0.6) is 0 Å². The third-order valence-corrected chi connectivity index (χ3v) is 2.62. The van der Waals surface area contributed by atoms with Crippen LogP contribution in [0, 0.1) is 11.6 Å². The summed E-state index contributed by atoms with van der Waals surface area (Å²) >= 11 is 5.85. The Labute approximate surface area is 102 Å². The summed E-state index contributed by atoms with van der Waals surface area (Å²) in [6, 6.07) is 6.33. The normalized spacial score (nSPS) is 12.5. The third-order valence-electron chi connectivity index (χ3n) is 2.31. The van der Waals surface area contributed by atoms with Crippen molar-refractivity contribution >= 4 is 11.6 Å². The van der Waals surface area contributed by atoms with Crippen molar-refractivity contribution in [2.45, 2.75) is 6.10 Å². The molecule has 1 heterocycles. The lowest BCUT2D eigenvalue weighted by atomic mass is 10.1. The molecule has 2 rings (SSSR count). The predicted octanol–water partition coefficient (Wildman–Crippen LogP) is 3.09. The van der Waals surface area contributed by atoms with Gasteiger partial charge >= 0.3 is 0 Å². The van der Waals surface area contributed by atoms with Crippen molar-refractivity contribution in [1.82, 2.24) is 4.98 Å². The van der Waals surface area contributed by atoms with E-state index in [9.17, 15) is 13.9 Å². The molecule has 5 heteroatoms. The van der Waals surface area contributed by atoms with Crippen LogP contribution in [0.15, 0.2) is 36.5 Å². The Morgan fingerprint density at radius 3 is 2.59 bits per heavy atom. The first-order valence-electron chi connectivity index (χ1n) is 4.83. The van der Waals surface area contributed by atoms with Gasteiger partial charge in [-0.25, -0.2) is 8.78 Å². The van der Waals surface area contributed by atoms with Crippen molar-refractivity contribution < 1.29 is 13.9 Å². The molecule has 0 radical (unpaired) electrons. The lowest BCUT2D eigenvalue weighted by Gasteiger charge is -2.11. The molecule has 2 aromatic rings. The molecule has 0 amide bonds. The standard InChI is InChI=1S/C12H8ClF2NO/c13-8-2-1-5-16-11(8)12(17)7-3-4-9(14)10(15)6-7/h1-6,12,17H. The van der Waals surface area contributed by atoms with Crippen LogP contribution in [0.1, 0.15) is 17.4 Å². The number of aromatic nitrogens is 1. The molecule has 0 bridgehead atoms. The molecule has 0 aliphatic carbocycles. The van der Waals surface area contributed by atoms with Crippen molar-refractivity contribution in [2.75, 3.05) is 0 Å². The summed E-state index contributed by atoms with van der Waals surface area (Å²) in [5.74, 6) is -1.98. The van der Waals surface area contributed by atoms with Gasteiger partial charge in [-0.05, 0) is 29.8 Å². The van der Waals surface area contributed by atoms with Crippen LogP contribution < -0.4 is 0 Å². The highest BCUT2D eigenvalue weighted by atomic mass is 35.5. The maximum Gasteiger partial charge on any atom is 0.159 e. The Kier molecular flexibility index (Phi) is 3.36. The van der Waals surface area contributed by atoms with E-state index in [0.717, 1.165) is 12.1 Å². The summed E-state index contributed by atoms with van der Waals surface area (Å²) in [5.41, 5.74) is 0.407. The van der Waals surface area contributed by atoms with E-state index in [1.54, 1.807) is 12.1 Å². The second-order valence-corrected chi connectivity index (χ2v) is 3.85. The number of rotatable bonds is 2. The van der Waals surface area contributed by atoms with Gasteiger partial charge in [-0.2, -0.15) is 0 Å². The molecule has 2 nitrogen and oxygen atoms in total. The van der Waals surface area contributed by atoms with Crippen LogP contribution in [-0.2, 0) is 0 Å². The van der Waals surface area contributed by atoms with E-state index < -0.39 is 17.7 Å². The van der Waals surface area contributed by atoms with Gasteiger partial charge in [-0.1, -0.05) is 17.7 Å². The highest BCUT2D eigenvalue weighted by Crippen LogP contribution is 2.26. The summed E-state index contributed by atoms with van der Waals surface area (Å²) in [5, 5.41) is 10.2. The van der Waals surface area contributed by atoms with Gasteiger partial charge in [-0.15, -0.1) is 0 Å². The van der Waals surface area contributed by atoms with Gasteiger partial charge in [-0.3, -0.25) is 4.98 Å². The van der Waals surface area contributed by atoms with Gasteiger partial charge in [0.1, 0.15) is 6.10 Å². The van der Waals surface area contributed by atoms with Crippen LogP contribution in [0.4, 0.5) is 8.78 Å². The fourth-order valence-corrected chi connectivity index (χ4v) is 1.66. The Balaban J connectivity index is 2.40. The Hall–Kier alpha value is -1.52. The van der Waals surface area contributed by atoms with Crippen LogP contribution in [0.25, 0.3) is 0 Å². The van der Waals surface area contributed by atoms with Crippen LogP contribution >= 0.6 is 11.6 Å².